The first-order valence-electron chi connectivity index (χ1n) is 11.6. The lowest BCUT2D eigenvalue weighted by Crippen LogP contribution is -2.40. The Morgan fingerprint density at radius 2 is 1.74 bits per heavy atom. The van der Waals surface area contributed by atoms with E-state index in [9.17, 15) is 45.6 Å². The largest absolute Gasteiger partial charge is 0.472 e. The van der Waals surface area contributed by atoms with Crippen LogP contribution in [0.5, 0.6) is 5.88 Å². The van der Waals surface area contributed by atoms with Gasteiger partial charge >= 0.3 is 12.4 Å². The smallest absolute Gasteiger partial charge is 0.434 e. The lowest BCUT2D eigenvalue weighted by molar-refractivity contribution is -0.142. The number of amides is 2. The zero-order valence-electron chi connectivity index (χ0n) is 20.8. The summed E-state index contributed by atoms with van der Waals surface area (Å²) in [4.78, 5) is 30.9. The molecule has 0 bridgehead atoms. The van der Waals surface area contributed by atoms with Crippen molar-refractivity contribution in [3.63, 3.8) is 0 Å². The van der Waals surface area contributed by atoms with E-state index >= 15 is 0 Å². The van der Waals surface area contributed by atoms with Crippen molar-refractivity contribution in [2.24, 2.45) is 5.92 Å². The van der Waals surface area contributed by atoms with Gasteiger partial charge in [0, 0.05) is 39.2 Å². The van der Waals surface area contributed by atoms with Gasteiger partial charge in [-0.1, -0.05) is 0 Å². The monoisotopic (exact) mass is 560 g/mol. The molecule has 14 heteroatoms. The van der Waals surface area contributed by atoms with Gasteiger partial charge in [0.25, 0.3) is 5.91 Å². The van der Waals surface area contributed by atoms with Crippen molar-refractivity contribution in [3.8, 4) is 11.9 Å². The minimum absolute atomic E-state index is 0.0501. The Labute approximate surface area is 218 Å². The zero-order chi connectivity index (χ0) is 29.1. The second kappa shape index (κ2) is 11.5. The number of halogens is 7. The number of piperidine rings is 1. The zero-order valence-corrected chi connectivity index (χ0v) is 20.8. The highest BCUT2D eigenvalue weighted by molar-refractivity contribution is 5.96. The molecule has 0 radical (unpaired) electrons. The van der Waals surface area contributed by atoms with Crippen molar-refractivity contribution in [2.75, 3.05) is 27.2 Å². The summed E-state index contributed by atoms with van der Waals surface area (Å²) in [5.41, 5.74) is -4.98. The van der Waals surface area contributed by atoms with E-state index in [2.05, 4.69) is 4.98 Å². The molecule has 210 valence electrons. The van der Waals surface area contributed by atoms with Gasteiger partial charge in [0.05, 0.1) is 11.1 Å². The summed E-state index contributed by atoms with van der Waals surface area (Å²) in [6.07, 6.45) is -8.96. The number of benzene rings is 1. The Hall–Kier alpha value is -3.89. The van der Waals surface area contributed by atoms with Crippen molar-refractivity contribution < 1.29 is 45.1 Å². The van der Waals surface area contributed by atoms with E-state index in [1.54, 1.807) is 20.2 Å². The molecular weight excluding hydrogens is 537 g/mol. The molecule has 0 spiro atoms. The number of nitriles is 1. The molecule has 2 heterocycles. The quantitative estimate of drug-likeness (QED) is 0.463. The summed E-state index contributed by atoms with van der Waals surface area (Å²) in [6.45, 7) is -0.797. The molecule has 1 saturated heterocycles. The van der Waals surface area contributed by atoms with E-state index in [0.717, 1.165) is 0 Å². The topological polar surface area (TPSA) is 86.5 Å². The molecule has 1 aliphatic heterocycles. The summed E-state index contributed by atoms with van der Waals surface area (Å²) >= 11 is 0. The maximum Gasteiger partial charge on any atom is 0.434 e. The Morgan fingerprint density at radius 1 is 1.10 bits per heavy atom. The van der Waals surface area contributed by atoms with Crippen LogP contribution in [0.2, 0.25) is 0 Å². The molecule has 1 aromatic heterocycles. The van der Waals surface area contributed by atoms with Crippen LogP contribution in [0.4, 0.5) is 30.7 Å². The standard InChI is InChI=1S/C25H23F7N4O3/c1-35(2)20(37)9-14-5-7-36(8-6-14)23(38)18-11-15(12-33)22(34-21(18)25(30,31)32)39-13-16-10-17(24(27,28)29)3-4-19(16)26/h3-4,10-11,14H,5-9,13H2,1-2H3. The maximum atomic E-state index is 14.0. The van der Waals surface area contributed by atoms with Crippen LogP contribution in [0.25, 0.3) is 0 Å². The average Bonchev–Trinajstić information content (AvgIpc) is 2.86. The summed E-state index contributed by atoms with van der Waals surface area (Å²) in [7, 11) is 3.20. The number of carbonyl (C=O) groups excluding carboxylic acids is 2. The second-order valence-corrected chi connectivity index (χ2v) is 9.17. The van der Waals surface area contributed by atoms with Crippen LogP contribution in [-0.4, -0.2) is 53.8 Å². The SMILES string of the molecule is CN(C)C(=O)CC1CCN(C(=O)c2cc(C#N)c(OCc3cc(C(F)(F)F)ccc3F)nc2C(F)(F)F)CC1. The number of nitrogens with zero attached hydrogens (tertiary/aromatic N) is 4. The fourth-order valence-electron chi connectivity index (χ4n) is 4.01. The maximum absolute atomic E-state index is 14.0. The van der Waals surface area contributed by atoms with Gasteiger partial charge in [-0.05, 0) is 43.0 Å². The summed E-state index contributed by atoms with van der Waals surface area (Å²) in [6, 6.07) is 3.66. The number of likely N-dealkylation sites (tertiary alicyclic amines) is 1. The predicted molar refractivity (Wildman–Crippen MR) is 122 cm³/mol. The lowest BCUT2D eigenvalue weighted by atomic mass is 9.92. The molecule has 0 saturated carbocycles. The van der Waals surface area contributed by atoms with Gasteiger partial charge in [-0.15, -0.1) is 0 Å². The van der Waals surface area contributed by atoms with Crippen molar-refractivity contribution in [3.05, 3.63) is 58.0 Å². The summed E-state index contributed by atoms with van der Waals surface area (Å²) in [5, 5.41) is 9.46. The van der Waals surface area contributed by atoms with E-state index < -0.39 is 64.5 Å². The number of ether oxygens (including phenoxy) is 1. The molecule has 2 aromatic rings. The fraction of sp³-hybridized carbons (Fsp3) is 0.440. The first-order chi connectivity index (χ1) is 18.1. The summed E-state index contributed by atoms with van der Waals surface area (Å²) in [5.74, 6) is -3.22. The second-order valence-electron chi connectivity index (χ2n) is 9.17. The molecule has 1 aliphatic rings. The molecular formula is C25H23F7N4O3. The van der Waals surface area contributed by atoms with E-state index in [1.165, 1.54) is 9.80 Å². The third-order valence-corrected chi connectivity index (χ3v) is 6.21. The van der Waals surface area contributed by atoms with Crippen molar-refractivity contribution in [1.82, 2.24) is 14.8 Å². The van der Waals surface area contributed by atoms with Crippen LogP contribution in [0.1, 0.15) is 52.0 Å². The van der Waals surface area contributed by atoms with Crippen molar-refractivity contribution in [1.29, 1.82) is 5.26 Å². The van der Waals surface area contributed by atoms with Gasteiger partial charge in [-0.2, -0.15) is 31.6 Å². The number of rotatable bonds is 6. The average molecular weight is 560 g/mol. The number of carbonyl (C=O) groups is 2. The molecule has 3 rings (SSSR count). The Kier molecular flexibility index (Phi) is 8.72. The first kappa shape index (κ1) is 29.7. The molecule has 0 unspecified atom stereocenters. The third-order valence-electron chi connectivity index (χ3n) is 6.21. The summed E-state index contributed by atoms with van der Waals surface area (Å²) < 4.78 is 99.6. The van der Waals surface area contributed by atoms with Crippen LogP contribution < -0.4 is 4.74 Å². The van der Waals surface area contributed by atoms with Gasteiger partial charge in [0.2, 0.25) is 11.8 Å². The first-order valence-corrected chi connectivity index (χ1v) is 11.6. The van der Waals surface area contributed by atoms with Crippen LogP contribution in [0, 0.1) is 23.1 Å². The number of alkyl halides is 6. The number of hydrogen-bond donors (Lipinski definition) is 0. The van der Waals surface area contributed by atoms with Gasteiger partial charge in [0.1, 0.15) is 24.1 Å². The highest BCUT2D eigenvalue weighted by Gasteiger charge is 2.40. The van der Waals surface area contributed by atoms with E-state index in [4.69, 9.17) is 4.74 Å². The van der Waals surface area contributed by atoms with E-state index in [-0.39, 0.29) is 31.3 Å². The van der Waals surface area contributed by atoms with Crippen molar-refractivity contribution in [2.45, 2.75) is 38.2 Å². The van der Waals surface area contributed by atoms with Crippen LogP contribution >= 0.6 is 0 Å². The van der Waals surface area contributed by atoms with E-state index in [1.807, 2.05) is 0 Å². The van der Waals surface area contributed by atoms with E-state index in [0.29, 0.717) is 37.1 Å². The predicted octanol–water partition coefficient (Wildman–Crippen LogP) is 5.04. The Balaban J connectivity index is 1.85. The Morgan fingerprint density at radius 3 is 2.28 bits per heavy atom. The molecule has 0 atom stereocenters. The van der Waals surface area contributed by atoms with Crippen LogP contribution in [0.15, 0.2) is 24.3 Å². The highest BCUT2D eigenvalue weighted by Crippen LogP contribution is 2.35. The highest BCUT2D eigenvalue weighted by atomic mass is 19.4. The van der Waals surface area contributed by atoms with Gasteiger partial charge in [0.15, 0.2) is 5.69 Å². The molecule has 0 aliphatic carbocycles. The lowest BCUT2D eigenvalue weighted by Gasteiger charge is -2.32. The molecule has 2 amide bonds. The van der Waals surface area contributed by atoms with Gasteiger partial charge in [-0.3, -0.25) is 9.59 Å². The number of hydrogen-bond acceptors (Lipinski definition) is 5. The van der Waals surface area contributed by atoms with Gasteiger partial charge < -0.3 is 14.5 Å². The van der Waals surface area contributed by atoms with Gasteiger partial charge in [-0.25, -0.2) is 9.37 Å². The molecule has 1 fully saturated rings. The van der Waals surface area contributed by atoms with Crippen LogP contribution in [-0.2, 0) is 23.8 Å². The normalized spacial score (nSPS) is 14.6. The molecule has 0 N–H and O–H groups in total. The van der Waals surface area contributed by atoms with Crippen molar-refractivity contribution >= 4 is 11.8 Å². The Bertz CT molecular complexity index is 1280. The third kappa shape index (κ3) is 7.15. The number of aromatic nitrogens is 1. The number of pyridine rings is 1. The minimum atomic E-state index is -5.16. The molecule has 1 aromatic carbocycles. The minimum Gasteiger partial charge on any atom is -0.472 e. The molecule has 7 nitrogen and oxygen atoms in total. The molecule has 39 heavy (non-hydrogen) atoms. The fourth-order valence-corrected chi connectivity index (χ4v) is 4.01. The van der Waals surface area contributed by atoms with Crippen LogP contribution in [0.3, 0.4) is 0 Å².